The quantitative estimate of drug-likeness (QED) is 0.860. The molecule has 1 saturated carbocycles. The standard InChI is InChI=1S/C18H26N2O.ClH/c19-16-10-8-14(9-11-16)13-18(21)20-12-4-7-17(20)15-5-2-1-3-6-15;/h8-11,15,17H,1-7,12-13,19H2;1H. The molecule has 0 radical (unpaired) electrons. The maximum atomic E-state index is 12.6. The molecule has 4 heteroatoms. The summed E-state index contributed by atoms with van der Waals surface area (Å²) >= 11 is 0. The summed E-state index contributed by atoms with van der Waals surface area (Å²) in [5, 5.41) is 0. The molecule has 1 unspecified atom stereocenters. The Labute approximate surface area is 139 Å². The molecule has 0 aromatic heterocycles. The molecule has 1 aromatic rings. The van der Waals surface area contributed by atoms with Crippen LogP contribution in [0.3, 0.4) is 0 Å². The van der Waals surface area contributed by atoms with Gasteiger partial charge in [0.25, 0.3) is 0 Å². The molecular weight excluding hydrogens is 296 g/mol. The Morgan fingerprint density at radius 1 is 1.05 bits per heavy atom. The molecule has 0 spiro atoms. The molecule has 22 heavy (non-hydrogen) atoms. The van der Waals surface area contributed by atoms with Gasteiger partial charge in [0.05, 0.1) is 6.42 Å². The van der Waals surface area contributed by atoms with Gasteiger partial charge in [0, 0.05) is 18.3 Å². The summed E-state index contributed by atoms with van der Waals surface area (Å²) in [6, 6.07) is 8.21. The highest BCUT2D eigenvalue weighted by Crippen LogP contribution is 2.34. The van der Waals surface area contributed by atoms with Crippen molar-refractivity contribution in [3.05, 3.63) is 29.8 Å². The van der Waals surface area contributed by atoms with Gasteiger partial charge in [-0.3, -0.25) is 4.79 Å². The van der Waals surface area contributed by atoms with Crippen LogP contribution in [0.2, 0.25) is 0 Å². The van der Waals surface area contributed by atoms with Crippen molar-refractivity contribution < 1.29 is 4.79 Å². The van der Waals surface area contributed by atoms with Crippen LogP contribution in [0.25, 0.3) is 0 Å². The Balaban J connectivity index is 0.00000176. The molecule has 1 amide bonds. The fraction of sp³-hybridized carbons (Fsp3) is 0.611. The van der Waals surface area contributed by atoms with E-state index in [0.29, 0.717) is 18.4 Å². The van der Waals surface area contributed by atoms with E-state index in [9.17, 15) is 4.79 Å². The number of nitrogen functional groups attached to an aromatic ring is 1. The van der Waals surface area contributed by atoms with Gasteiger partial charge in [-0.2, -0.15) is 0 Å². The van der Waals surface area contributed by atoms with Crippen molar-refractivity contribution in [2.24, 2.45) is 5.92 Å². The van der Waals surface area contributed by atoms with Gasteiger partial charge in [-0.05, 0) is 49.3 Å². The zero-order chi connectivity index (χ0) is 14.7. The van der Waals surface area contributed by atoms with Crippen LogP contribution in [0.4, 0.5) is 5.69 Å². The predicted octanol–water partition coefficient (Wildman–Crippen LogP) is 3.80. The van der Waals surface area contributed by atoms with Crippen molar-refractivity contribution in [1.29, 1.82) is 0 Å². The third-order valence-corrected chi connectivity index (χ3v) is 5.15. The van der Waals surface area contributed by atoms with E-state index in [-0.39, 0.29) is 12.4 Å². The van der Waals surface area contributed by atoms with E-state index >= 15 is 0 Å². The molecule has 122 valence electrons. The van der Waals surface area contributed by atoms with E-state index in [4.69, 9.17) is 5.73 Å². The second-order valence-electron chi connectivity index (χ2n) is 6.61. The first-order valence-corrected chi connectivity index (χ1v) is 8.38. The third-order valence-electron chi connectivity index (χ3n) is 5.15. The van der Waals surface area contributed by atoms with E-state index in [1.165, 1.54) is 44.9 Å². The second kappa shape index (κ2) is 7.87. The number of carbonyl (C=O) groups is 1. The molecule has 1 heterocycles. The summed E-state index contributed by atoms with van der Waals surface area (Å²) < 4.78 is 0. The highest BCUT2D eigenvalue weighted by molar-refractivity contribution is 5.85. The van der Waals surface area contributed by atoms with Crippen molar-refractivity contribution in [1.82, 2.24) is 4.90 Å². The van der Waals surface area contributed by atoms with Crippen LogP contribution in [0, 0.1) is 5.92 Å². The Bertz CT molecular complexity index is 482. The predicted molar refractivity (Wildman–Crippen MR) is 93.1 cm³/mol. The maximum absolute atomic E-state index is 12.6. The third kappa shape index (κ3) is 3.95. The van der Waals surface area contributed by atoms with Gasteiger partial charge >= 0.3 is 0 Å². The van der Waals surface area contributed by atoms with E-state index in [1.807, 2.05) is 24.3 Å². The van der Waals surface area contributed by atoms with E-state index in [0.717, 1.165) is 23.7 Å². The smallest absolute Gasteiger partial charge is 0.227 e. The van der Waals surface area contributed by atoms with Gasteiger partial charge in [-0.1, -0.05) is 31.4 Å². The molecule has 2 N–H and O–H groups in total. The Morgan fingerprint density at radius 2 is 1.73 bits per heavy atom. The molecule has 1 atom stereocenters. The fourth-order valence-electron chi connectivity index (χ4n) is 4.02. The van der Waals surface area contributed by atoms with Gasteiger partial charge in [-0.25, -0.2) is 0 Å². The lowest BCUT2D eigenvalue weighted by molar-refractivity contribution is -0.132. The number of amides is 1. The second-order valence-corrected chi connectivity index (χ2v) is 6.61. The number of anilines is 1. The minimum atomic E-state index is 0. The summed E-state index contributed by atoms with van der Waals surface area (Å²) in [5.74, 6) is 1.05. The van der Waals surface area contributed by atoms with E-state index < -0.39 is 0 Å². The highest BCUT2D eigenvalue weighted by Gasteiger charge is 2.34. The molecule has 1 aromatic carbocycles. The number of rotatable bonds is 3. The first kappa shape index (κ1) is 17.1. The largest absolute Gasteiger partial charge is 0.399 e. The Morgan fingerprint density at radius 3 is 2.41 bits per heavy atom. The normalized spacial score (nSPS) is 22.4. The van der Waals surface area contributed by atoms with Gasteiger partial charge in [0.2, 0.25) is 5.91 Å². The van der Waals surface area contributed by atoms with Crippen molar-refractivity contribution in [3.8, 4) is 0 Å². The molecule has 2 aliphatic rings. The Kier molecular flexibility index (Phi) is 6.13. The van der Waals surface area contributed by atoms with Crippen LogP contribution in [-0.4, -0.2) is 23.4 Å². The van der Waals surface area contributed by atoms with Crippen LogP contribution in [-0.2, 0) is 11.2 Å². The van der Waals surface area contributed by atoms with Gasteiger partial charge in [0.15, 0.2) is 0 Å². The van der Waals surface area contributed by atoms with Crippen LogP contribution < -0.4 is 5.73 Å². The number of carbonyl (C=O) groups excluding carboxylic acids is 1. The van der Waals surface area contributed by atoms with Crippen molar-refractivity contribution in [2.45, 2.75) is 57.4 Å². The lowest BCUT2D eigenvalue weighted by Gasteiger charge is -2.34. The van der Waals surface area contributed by atoms with Gasteiger partial charge in [0.1, 0.15) is 0 Å². The average Bonchev–Trinajstić information content (AvgIpc) is 3.00. The molecule has 0 bridgehead atoms. The fourth-order valence-corrected chi connectivity index (χ4v) is 4.02. The lowest BCUT2D eigenvalue weighted by atomic mass is 9.83. The summed E-state index contributed by atoms with van der Waals surface area (Å²) in [6.07, 6.45) is 9.61. The number of nitrogens with zero attached hydrogens (tertiary/aromatic N) is 1. The molecule has 1 aliphatic heterocycles. The zero-order valence-corrected chi connectivity index (χ0v) is 14.0. The van der Waals surface area contributed by atoms with Crippen LogP contribution >= 0.6 is 12.4 Å². The van der Waals surface area contributed by atoms with E-state index in [2.05, 4.69) is 4.90 Å². The summed E-state index contributed by atoms with van der Waals surface area (Å²) in [4.78, 5) is 14.8. The monoisotopic (exact) mass is 322 g/mol. The van der Waals surface area contributed by atoms with E-state index in [1.54, 1.807) is 0 Å². The van der Waals surface area contributed by atoms with Crippen molar-refractivity contribution >= 4 is 24.0 Å². The van der Waals surface area contributed by atoms with Crippen LogP contribution in [0.5, 0.6) is 0 Å². The number of benzene rings is 1. The van der Waals surface area contributed by atoms with Crippen molar-refractivity contribution in [2.75, 3.05) is 12.3 Å². The number of hydrogen-bond donors (Lipinski definition) is 1. The molecule has 2 fully saturated rings. The van der Waals surface area contributed by atoms with Gasteiger partial charge in [-0.15, -0.1) is 12.4 Å². The molecule has 1 saturated heterocycles. The number of likely N-dealkylation sites (tertiary alicyclic amines) is 1. The zero-order valence-electron chi connectivity index (χ0n) is 13.2. The summed E-state index contributed by atoms with van der Waals surface area (Å²) in [7, 11) is 0. The van der Waals surface area contributed by atoms with Gasteiger partial charge < -0.3 is 10.6 Å². The molecular formula is C18H27ClN2O. The average molecular weight is 323 g/mol. The summed E-state index contributed by atoms with van der Waals surface area (Å²) in [6.45, 7) is 0.953. The summed E-state index contributed by atoms with van der Waals surface area (Å²) in [5.41, 5.74) is 7.53. The Hall–Kier alpha value is -1.22. The number of hydrogen-bond acceptors (Lipinski definition) is 2. The molecule has 1 aliphatic carbocycles. The SMILES string of the molecule is Cl.Nc1ccc(CC(=O)N2CCCC2C2CCCCC2)cc1. The topological polar surface area (TPSA) is 46.3 Å². The first-order valence-electron chi connectivity index (χ1n) is 8.38. The number of halogens is 1. The molecule has 3 rings (SSSR count). The lowest BCUT2D eigenvalue weighted by Crippen LogP contribution is -2.41. The van der Waals surface area contributed by atoms with Crippen LogP contribution in [0.15, 0.2) is 24.3 Å². The highest BCUT2D eigenvalue weighted by atomic mass is 35.5. The maximum Gasteiger partial charge on any atom is 0.227 e. The minimum absolute atomic E-state index is 0. The first-order chi connectivity index (χ1) is 10.2. The minimum Gasteiger partial charge on any atom is -0.399 e. The van der Waals surface area contributed by atoms with Crippen molar-refractivity contribution in [3.63, 3.8) is 0 Å². The van der Waals surface area contributed by atoms with Crippen LogP contribution in [0.1, 0.15) is 50.5 Å². The number of nitrogens with two attached hydrogens (primary N) is 1. The molecule has 3 nitrogen and oxygen atoms in total.